The molecule has 0 heterocycles. The van der Waals surface area contributed by atoms with E-state index in [2.05, 4.69) is 17.5 Å². The van der Waals surface area contributed by atoms with Gasteiger partial charge < -0.3 is 14.2 Å². The topological polar surface area (TPSA) is 86.2 Å². The molecule has 0 aromatic heterocycles. The number of carbonyl (C=O) groups excluding carboxylic acids is 2. The Morgan fingerprint density at radius 1 is 0.895 bits per heavy atom. The average molecular weight is 511 g/mol. The Bertz CT molecular complexity index is 1430. The van der Waals surface area contributed by atoms with Crippen LogP contribution in [0.15, 0.2) is 90.0 Å². The first-order chi connectivity index (χ1) is 18.5. The number of fused-ring (bicyclic) bond motifs is 1. The van der Waals surface area contributed by atoms with E-state index in [0.29, 0.717) is 29.2 Å². The Kier molecular flexibility index (Phi) is 9.07. The first-order valence-electron chi connectivity index (χ1n) is 12.5. The maximum absolute atomic E-state index is 12.8. The number of hydrazone groups is 1. The number of amides is 1. The predicted octanol–water partition coefficient (Wildman–Crippen LogP) is 6.08. The van der Waals surface area contributed by atoms with E-state index < -0.39 is 11.9 Å². The monoisotopic (exact) mass is 510 g/mol. The van der Waals surface area contributed by atoms with Crippen LogP contribution in [0, 0.1) is 6.92 Å². The van der Waals surface area contributed by atoms with Gasteiger partial charge in [-0.25, -0.2) is 10.2 Å². The average Bonchev–Trinajstić information content (AvgIpc) is 2.93. The molecule has 0 radical (unpaired) electrons. The summed E-state index contributed by atoms with van der Waals surface area (Å²) < 4.78 is 16.9. The van der Waals surface area contributed by atoms with Gasteiger partial charge in [0.2, 0.25) is 0 Å². The number of hydrogen-bond acceptors (Lipinski definition) is 6. The number of ether oxygens (including phenoxy) is 3. The van der Waals surface area contributed by atoms with Gasteiger partial charge in [-0.05, 0) is 66.6 Å². The van der Waals surface area contributed by atoms with Crippen molar-refractivity contribution < 1.29 is 23.8 Å². The van der Waals surface area contributed by atoms with E-state index in [9.17, 15) is 9.59 Å². The van der Waals surface area contributed by atoms with Gasteiger partial charge in [0, 0.05) is 5.56 Å². The Labute approximate surface area is 222 Å². The van der Waals surface area contributed by atoms with Gasteiger partial charge >= 0.3 is 5.97 Å². The second-order valence-electron chi connectivity index (χ2n) is 8.71. The number of benzene rings is 4. The van der Waals surface area contributed by atoms with E-state index in [0.717, 1.165) is 34.9 Å². The molecule has 4 aromatic carbocycles. The number of nitrogens with one attached hydrogen (secondary N) is 1. The first kappa shape index (κ1) is 26.4. The summed E-state index contributed by atoms with van der Waals surface area (Å²) in [6.07, 6.45) is 3.54. The maximum atomic E-state index is 12.8. The third-order valence-corrected chi connectivity index (χ3v) is 5.73. The summed E-state index contributed by atoms with van der Waals surface area (Å²) in [6.45, 7) is 4.48. The van der Waals surface area contributed by atoms with Crippen molar-refractivity contribution in [1.82, 2.24) is 5.43 Å². The van der Waals surface area contributed by atoms with E-state index in [1.807, 2.05) is 49.4 Å². The highest BCUT2D eigenvalue weighted by Crippen LogP contribution is 2.27. The molecule has 0 saturated carbocycles. The van der Waals surface area contributed by atoms with Crippen LogP contribution in [-0.2, 0) is 4.79 Å². The molecule has 4 aromatic rings. The van der Waals surface area contributed by atoms with Crippen LogP contribution in [0.2, 0.25) is 0 Å². The summed E-state index contributed by atoms with van der Waals surface area (Å²) in [5, 5.41) is 5.88. The highest BCUT2D eigenvalue weighted by molar-refractivity contribution is 6.04. The standard InChI is InChI=1S/C31H30N2O5/c1-3-4-18-36-25-13-15-26(16-14-25)37-21-30(34)33-32-20-28-27-11-6-5-9-23(27)12-17-29(28)38-31(35)24-10-7-8-22(2)19-24/h5-17,19-20H,3-4,18,21H2,1-2H3,(H,33,34)/b32-20-. The number of nitrogens with zero attached hydrogens (tertiary/aromatic N) is 1. The molecule has 0 spiro atoms. The number of hydrogen-bond donors (Lipinski definition) is 1. The van der Waals surface area contributed by atoms with Crippen LogP contribution in [0.25, 0.3) is 10.8 Å². The second kappa shape index (κ2) is 13.1. The third kappa shape index (κ3) is 7.20. The summed E-state index contributed by atoms with van der Waals surface area (Å²) in [7, 11) is 0. The van der Waals surface area contributed by atoms with E-state index in [4.69, 9.17) is 14.2 Å². The third-order valence-electron chi connectivity index (χ3n) is 5.73. The van der Waals surface area contributed by atoms with Crippen molar-refractivity contribution in [2.75, 3.05) is 13.2 Å². The SMILES string of the molecule is CCCCOc1ccc(OCC(=O)N/N=C\c2c(OC(=O)c3cccc(C)c3)ccc3ccccc23)cc1. The van der Waals surface area contributed by atoms with Crippen molar-refractivity contribution >= 4 is 28.9 Å². The highest BCUT2D eigenvalue weighted by atomic mass is 16.5. The van der Waals surface area contributed by atoms with Crippen molar-refractivity contribution in [2.45, 2.75) is 26.7 Å². The van der Waals surface area contributed by atoms with Crippen molar-refractivity contribution in [1.29, 1.82) is 0 Å². The molecule has 0 aliphatic rings. The van der Waals surface area contributed by atoms with Gasteiger partial charge in [0.1, 0.15) is 17.2 Å². The zero-order valence-corrected chi connectivity index (χ0v) is 21.5. The van der Waals surface area contributed by atoms with E-state index in [-0.39, 0.29) is 6.61 Å². The Balaban J connectivity index is 1.41. The van der Waals surface area contributed by atoms with Gasteiger partial charge in [-0.3, -0.25) is 4.79 Å². The minimum Gasteiger partial charge on any atom is -0.494 e. The number of unbranched alkanes of at least 4 members (excludes halogenated alkanes) is 1. The number of carbonyl (C=O) groups is 2. The normalized spacial score (nSPS) is 10.9. The summed E-state index contributed by atoms with van der Waals surface area (Å²) in [4.78, 5) is 25.1. The molecule has 194 valence electrons. The van der Waals surface area contributed by atoms with Gasteiger partial charge in [-0.15, -0.1) is 0 Å². The quantitative estimate of drug-likeness (QED) is 0.0869. The molecule has 0 saturated heterocycles. The van der Waals surface area contributed by atoms with Gasteiger partial charge in [-0.2, -0.15) is 5.10 Å². The van der Waals surface area contributed by atoms with E-state index in [1.165, 1.54) is 6.21 Å². The molecule has 38 heavy (non-hydrogen) atoms. The highest BCUT2D eigenvalue weighted by Gasteiger charge is 2.14. The van der Waals surface area contributed by atoms with Crippen molar-refractivity contribution in [3.05, 3.63) is 102 Å². The Morgan fingerprint density at radius 2 is 1.66 bits per heavy atom. The van der Waals surface area contributed by atoms with Crippen LogP contribution in [0.5, 0.6) is 17.2 Å². The van der Waals surface area contributed by atoms with Crippen LogP contribution in [0.4, 0.5) is 0 Å². The fourth-order valence-electron chi connectivity index (χ4n) is 3.75. The molecule has 7 nitrogen and oxygen atoms in total. The van der Waals surface area contributed by atoms with Crippen LogP contribution in [-0.4, -0.2) is 31.3 Å². The maximum Gasteiger partial charge on any atom is 0.343 e. The van der Waals surface area contributed by atoms with Gasteiger partial charge in [0.15, 0.2) is 6.61 Å². The van der Waals surface area contributed by atoms with Crippen molar-refractivity contribution in [3.63, 3.8) is 0 Å². The van der Waals surface area contributed by atoms with Crippen LogP contribution in [0.3, 0.4) is 0 Å². The molecule has 0 aliphatic heterocycles. The van der Waals surface area contributed by atoms with E-state index >= 15 is 0 Å². The van der Waals surface area contributed by atoms with Gasteiger partial charge in [0.05, 0.1) is 18.4 Å². The fourth-order valence-corrected chi connectivity index (χ4v) is 3.75. The molecule has 0 atom stereocenters. The van der Waals surface area contributed by atoms with Crippen molar-refractivity contribution in [3.8, 4) is 17.2 Å². The van der Waals surface area contributed by atoms with Crippen LogP contribution >= 0.6 is 0 Å². The number of rotatable bonds is 11. The second-order valence-corrected chi connectivity index (χ2v) is 8.71. The first-order valence-corrected chi connectivity index (χ1v) is 12.5. The molecule has 1 N–H and O–H groups in total. The summed E-state index contributed by atoms with van der Waals surface area (Å²) in [5.74, 6) is 0.742. The Morgan fingerprint density at radius 3 is 2.42 bits per heavy atom. The molecule has 0 unspecified atom stereocenters. The molecule has 0 fully saturated rings. The molecule has 0 bridgehead atoms. The summed E-state index contributed by atoms with van der Waals surface area (Å²) in [6, 6.07) is 25.6. The number of esters is 1. The zero-order chi connectivity index (χ0) is 26.7. The molecule has 0 aliphatic carbocycles. The number of aryl methyl sites for hydroxylation is 1. The lowest BCUT2D eigenvalue weighted by molar-refractivity contribution is -0.123. The Hall–Kier alpha value is -4.65. The van der Waals surface area contributed by atoms with Crippen LogP contribution < -0.4 is 19.6 Å². The van der Waals surface area contributed by atoms with Gasteiger partial charge in [-0.1, -0.05) is 61.4 Å². The molecule has 7 heteroatoms. The molecule has 1 amide bonds. The largest absolute Gasteiger partial charge is 0.494 e. The van der Waals surface area contributed by atoms with Crippen molar-refractivity contribution in [2.24, 2.45) is 5.10 Å². The van der Waals surface area contributed by atoms with Crippen LogP contribution in [0.1, 0.15) is 41.3 Å². The molecule has 4 rings (SSSR count). The zero-order valence-electron chi connectivity index (χ0n) is 21.5. The lowest BCUT2D eigenvalue weighted by Crippen LogP contribution is -2.24. The predicted molar refractivity (Wildman–Crippen MR) is 148 cm³/mol. The fraction of sp³-hybridized carbons (Fsp3) is 0.194. The summed E-state index contributed by atoms with van der Waals surface area (Å²) >= 11 is 0. The smallest absolute Gasteiger partial charge is 0.343 e. The molecular formula is C31H30N2O5. The minimum atomic E-state index is -0.474. The lowest BCUT2D eigenvalue weighted by Gasteiger charge is -2.11. The summed E-state index contributed by atoms with van der Waals surface area (Å²) in [5.41, 5.74) is 4.46. The van der Waals surface area contributed by atoms with Gasteiger partial charge in [0.25, 0.3) is 5.91 Å². The minimum absolute atomic E-state index is 0.210. The molecular weight excluding hydrogens is 480 g/mol. The van der Waals surface area contributed by atoms with E-state index in [1.54, 1.807) is 42.5 Å². The lowest BCUT2D eigenvalue weighted by atomic mass is 10.0.